The number of hydrogen-bond donors (Lipinski definition) is 2. The van der Waals surface area contributed by atoms with Crippen LogP contribution in [0.3, 0.4) is 0 Å². The number of anilines is 2. The van der Waals surface area contributed by atoms with E-state index in [4.69, 9.17) is 10.5 Å². The molecule has 0 spiro atoms. The topological polar surface area (TPSA) is 64.3 Å². The van der Waals surface area contributed by atoms with Crippen molar-refractivity contribution in [1.29, 1.82) is 0 Å². The largest absolute Gasteiger partial charge is 0.397 e. The van der Waals surface area contributed by atoms with Gasteiger partial charge in [-0.1, -0.05) is 6.07 Å². The number of rotatable bonds is 3. The molecule has 5 heteroatoms. The Morgan fingerprint density at radius 1 is 1.50 bits per heavy atom. The molecule has 1 amide bonds. The van der Waals surface area contributed by atoms with Crippen LogP contribution >= 0.6 is 0 Å². The van der Waals surface area contributed by atoms with Gasteiger partial charge in [0.15, 0.2) is 0 Å². The quantitative estimate of drug-likeness (QED) is 0.772. The third-order valence-corrected chi connectivity index (χ3v) is 2.34. The van der Waals surface area contributed by atoms with Gasteiger partial charge in [0.2, 0.25) is 0 Å². The first kappa shape index (κ1) is 12.4. The Labute approximate surface area is 93.6 Å². The van der Waals surface area contributed by atoms with E-state index in [2.05, 4.69) is 5.32 Å². The van der Waals surface area contributed by atoms with Crippen LogP contribution in [0.2, 0.25) is 0 Å². The van der Waals surface area contributed by atoms with Crippen LogP contribution in [0.1, 0.15) is 13.8 Å². The molecule has 1 rings (SSSR count). The van der Waals surface area contributed by atoms with Gasteiger partial charge in [-0.3, -0.25) is 4.79 Å². The van der Waals surface area contributed by atoms with Crippen molar-refractivity contribution in [3.8, 4) is 0 Å². The maximum absolute atomic E-state index is 13.4. The number of carbonyl (C=O) groups is 1. The molecule has 16 heavy (non-hydrogen) atoms. The van der Waals surface area contributed by atoms with Gasteiger partial charge >= 0.3 is 0 Å². The van der Waals surface area contributed by atoms with E-state index in [-0.39, 0.29) is 11.4 Å². The Morgan fingerprint density at radius 3 is 2.62 bits per heavy atom. The second-order valence-corrected chi connectivity index (χ2v) is 3.87. The van der Waals surface area contributed by atoms with Crippen LogP contribution < -0.4 is 11.1 Å². The summed E-state index contributed by atoms with van der Waals surface area (Å²) in [6, 6.07) is 4.21. The summed E-state index contributed by atoms with van der Waals surface area (Å²) in [7, 11) is 1.41. The van der Waals surface area contributed by atoms with Crippen LogP contribution in [-0.2, 0) is 9.53 Å². The third kappa shape index (κ3) is 2.49. The van der Waals surface area contributed by atoms with Crippen LogP contribution in [0.15, 0.2) is 18.2 Å². The molecule has 1 aromatic rings. The number of hydrogen-bond acceptors (Lipinski definition) is 3. The van der Waals surface area contributed by atoms with Gasteiger partial charge in [0.1, 0.15) is 17.1 Å². The van der Waals surface area contributed by atoms with Crippen LogP contribution in [0, 0.1) is 5.82 Å². The van der Waals surface area contributed by atoms with Crippen LogP contribution in [-0.4, -0.2) is 18.6 Å². The van der Waals surface area contributed by atoms with Crippen LogP contribution in [0.25, 0.3) is 0 Å². The van der Waals surface area contributed by atoms with E-state index in [1.807, 2.05) is 0 Å². The highest BCUT2D eigenvalue weighted by Gasteiger charge is 2.28. The minimum atomic E-state index is -1.03. The first-order chi connectivity index (χ1) is 7.38. The molecule has 1 aromatic carbocycles. The van der Waals surface area contributed by atoms with Crippen molar-refractivity contribution in [1.82, 2.24) is 0 Å². The summed E-state index contributed by atoms with van der Waals surface area (Å²) >= 11 is 0. The maximum Gasteiger partial charge on any atom is 0.256 e. The number of amides is 1. The zero-order chi connectivity index (χ0) is 12.3. The summed E-state index contributed by atoms with van der Waals surface area (Å²) in [4.78, 5) is 11.7. The predicted molar refractivity (Wildman–Crippen MR) is 60.5 cm³/mol. The van der Waals surface area contributed by atoms with Crippen molar-refractivity contribution < 1.29 is 13.9 Å². The van der Waals surface area contributed by atoms with E-state index >= 15 is 0 Å². The summed E-state index contributed by atoms with van der Waals surface area (Å²) in [5, 5.41) is 2.41. The number of para-hydroxylation sites is 1. The van der Waals surface area contributed by atoms with E-state index in [9.17, 15) is 9.18 Å². The number of nitrogens with one attached hydrogen (secondary N) is 1. The highest BCUT2D eigenvalue weighted by molar-refractivity contribution is 5.99. The second kappa shape index (κ2) is 4.49. The van der Waals surface area contributed by atoms with Gasteiger partial charge in [-0.25, -0.2) is 4.39 Å². The maximum atomic E-state index is 13.4. The van der Waals surface area contributed by atoms with Crippen molar-refractivity contribution >= 4 is 17.3 Å². The number of nitrogen functional groups attached to an aromatic ring is 1. The molecule has 4 nitrogen and oxygen atoms in total. The number of nitrogens with two attached hydrogens (primary N) is 1. The zero-order valence-corrected chi connectivity index (χ0v) is 9.50. The fourth-order valence-corrected chi connectivity index (χ4v) is 1.03. The normalized spacial score (nSPS) is 11.2. The van der Waals surface area contributed by atoms with Crippen LogP contribution in [0.5, 0.6) is 0 Å². The van der Waals surface area contributed by atoms with E-state index < -0.39 is 17.3 Å². The monoisotopic (exact) mass is 226 g/mol. The lowest BCUT2D eigenvalue weighted by Gasteiger charge is -2.22. The Morgan fingerprint density at radius 2 is 2.12 bits per heavy atom. The lowest BCUT2D eigenvalue weighted by molar-refractivity contribution is -0.133. The van der Waals surface area contributed by atoms with Crippen molar-refractivity contribution in [3.05, 3.63) is 24.0 Å². The number of halogens is 1. The molecule has 0 heterocycles. The zero-order valence-electron chi connectivity index (χ0n) is 9.50. The molecule has 0 radical (unpaired) electrons. The van der Waals surface area contributed by atoms with Crippen molar-refractivity contribution in [2.24, 2.45) is 0 Å². The Balaban J connectivity index is 2.94. The molecular formula is C11H15FN2O2. The molecule has 0 aliphatic rings. The Bertz CT molecular complexity index is 385. The predicted octanol–water partition coefficient (Wildman–Crippen LogP) is 1.77. The standard InChI is InChI=1S/C11H15FN2O2/c1-11(2,16-3)10(15)14-9-7(12)5-4-6-8(9)13/h4-6H,13H2,1-3H3,(H,14,15). The molecule has 0 aliphatic heterocycles. The van der Waals surface area contributed by atoms with Gasteiger partial charge in [0.05, 0.1) is 5.69 Å². The second-order valence-electron chi connectivity index (χ2n) is 3.87. The fraction of sp³-hybridized carbons (Fsp3) is 0.364. The summed E-state index contributed by atoms with van der Waals surface area (Å²) in [6.45, 7) is 3.17. The molecule has 0 fully saturated rings. The minimum absolute atomic E-state index is 0.0161. The SMILES string of the molecule is COC(C)(C)C(=O)Nc1c(N)cccc1F. The minimum Gasteiger partial charge on any atom is -0.397 e. The summed E-state index contributed by atoms with van der Waals surface area (Å²) < 4.78 is 18.3. The number of benzene rings is 1. The summed E-state index contributed by atoms with van der Waals surface area (Å²) in [5.41, 5.74) is 4.69. The Hall–Kier alpha value is -1.62. The highest BCUT2D eigenvalue weighted by atomic mass is 19.1. The summed E-state index contributed by atoms with van der Waals surface area (Å²) in [5.74, 6) is -1.02. The van der Waals surface area contributed by atoms with Crippen molar-refractivity contribution in [3.63, 3.8) is 0 Å². The number of carbonyl (C=O) groups excluding carboxylic acids is 1. The van der Waals surface area contributed by atoms with Gasteiger partial charge in [-0.2, -0.15) is 0 Å². The lowest BCUT2D eigenvalue weighted by atomic mass is 10.1. The third-order valence-electron chi connectivity index (χ3n) is 2.34. The molecule has 88 valence electrons. The van der Waals surface area contributed by atoms with E-state index in [1.165, 1.54) is 25.3 Å². The van der Waals surface area contributed by atoms with E-state index in [0.717, 1.165) is 0 Å². The molecule has 0 saturated heterocycles. The average Bonchev–Trinajstić information content (AvgIpc) is 2.23. The highest BCUT2D eigenvalue weighted by Crippen LogP contribution is 2.23. The lowest BCUT2D eigenvalue weighted by Crippen LogP contribution is -2.39. The molecule has 0 bridgehead atoms. The fourth-order valence-electron chi connectivity index (χ4n) is 1.03. The Kier molecular flexibility index (Phi) is 3.49. The molecule has 3 N–H and O–H groups in total. The van der Waals surface area contributed by atoms with Gasteiger partial charge in [-0.05, 0) is 26.0 Å². The average molecular weight is 226 g/mol. The van der Waals surface area contributed by atoms with Crippen molar-refractivity contribution in [2.45, 2.75) is 19.4 Å². The van der Waals surface area contributed by atoms with E-state index in [1.54, 1.807) is 13.8 Å². The van der Waals surface area contributed by atoms with Gasteiger partial charge < -0.3 is 15.8 Å². The first-order valence-corrected chi connectivity index (χ1v) is 4.79. The molecule has 0 aliphatic carbocycles. The molecule has 0 saturated carbocycles. The van der Waals surface area contributed by atoms with Crippen LogP contribution in [0.4, 0.5) is 15.8 Å². The first-order valence-electron chi connectivity index (χ1n) is 4.79. The van der Waals surface area contributed by atoms with Gasteiger partial charge in [0, 0.05) is 7.11 Å². The summed E-state index contributed by atoms with van der Waals surface area (Å²) in [6.07, 6.45) is 0. The number of methoxy groups -OCH3 is 1. The van der Waals surface area contributed by atoms with E-state index in [0.29, 0.717) is 0 Å². The smallest absolute Gasteiger partial charge is 0.256 e. The molecule has 0 aromatic heterocycles. The molecule has 0 atom stereocenters. The van der Waals surface area contributed by atoms with Crippen molar-refractivity contribution in [2.75, 3.05) is 18.2 Å². The van der Waals surface area contributed by atoms with Gasteiger partial charge in [0.25, 0.3) is 5.91 Å². The molecule has 0 unspecified atom stereocenters. The van der Waals surface area contributed by atoms with Gasteiger partial charge in [-0.15, -0.1) is 0 Å². The molecular weight excluding hydrogens is 211 g/mol. The number of ether oxygens (including phenoxy) is 1.